The highest BCUT2D eigenvalue weighted by Crippen LogP contribution is 2.22. The Hall–Kier alpha value is -2.49. The molecule has 3 N–H and O–H groups in total. The van der Waals surface area contributed by atoms with E-state index in [-0.39, 0.29) is 0 Å². The summed E-state index contributed by atoms with van der Waals surface area (Å²) in [6.07, 6.45) is 3.88. The van der Waals surface area contributed by atoms with E-state index in [0.29, 0.717) is 0 Å². The molecule has 1 aromatic carbocycles. The van der Waals surface area contributed by atoms with Gasteiger partial charge in [0.25, 0.3) is 0 Å². The second-order valence-corrected chi connectivity index (χ2v) is 4.16. The van der Waals surface area contributed by atoms with E-state index in [1.54, 1.807) is 0 Å². The Kier molecular flexibility index (Phi) is 2.41. The summed E-state index contributed by atoms with van der Waals surface area (Å²) in [4.78, 5) is 4.32. The fourth-order valence-corrected chi connectivity index (χ4v) is 2.06. The van der Waals surface area contributed by atoms with Gasteiger partial charge in [-0.25, -0.2) is 4.98 Å². The van der Waals surface area contributed by atoms with Crippen molar-refractivity contribution >= 4 is 22.4 Å². The van der Waals surface area contributed by atoms with Gasteiger partial charge in [-0.3, -0.25) is 0 Å². The van der Waals surface area contributed by atoms with E-state index < -0.39 is 0 Å². The van der Waals surface area contributed by atoms with Gasteiger partial charge in [0.05, 0.1) is 17.4 Å². The van der Waals surface area contributed by atoms with Crippen LogP contribution in [0.25, 0.3) is 16.6 Å². The zero-order chi connectivity index (χ0) is 12.5. The van der Waals surface area contributed by atoms with Gasteiger partial charge in [0.1, 0.15) is 5.82 Å². The summed E-state index contributed by atoms with van der Waals surface area (Å²) < 4.78 is 2.10. The van der Waals surface area contributed by atoms with Gasteiger partial charge < -0.3 is 15.6 Å². The molecule has 4 heteroatoms. The van der Waals surface area contributed by atoms with E-state index >= 15 is 0 Å². The van der Waals surface area contributed by atoms with Crippen LogP contribution in [0, 0.1) is 0 Å². The minimum Gasteiger partial charge on any atom is -0.399 e. The van der Waals surface area contributed by atoms with Gasteiger partial charge >= 0.3 is 0 Å². The van der Waals surface area contributed by atoms with Gasteiger partial charge in [-0.15, -0.1) is 0 Å². The van der Waals surface area contributed by atoms with E-state index in [1.807, 2.05) is 49.8 Å². The Labute approximate surface area is 105 Å². The lowest BCUT2D eigenvalue weighted by Crippen LogP contribution is -1.96. The van der Waals surface area contributed by atoms with Crippen molar-refractivity contribution in [2.75, 3.05) is 18.1 Å². The van der Waals surface area contributed by atoms with Crippen molar-refractivity contribution in [2.45, 2.75) is 0 Å². The van der Waals surface area contributed by atoms with E-state index in [1.165, 1.54) is 0 Å². The maximum atomic E-state index is 5.78. The number of rotatable bonds is 2. The lowest BCUT2D eigenvalue weighted by atomic mass is 10.2. The number of nitrogens with zero attached hydrogens (tertiary/aromatic N) is 2. The van der Waals surface area contributed by atoms with Crippen LogP contribution in [-0.4, -0.2) is 16.6 Å². The molecule has 3 aromatic rings. The molecular weight excluding hydrogens is 224 g/mol. The Balaban J connectivity index is 2.13. The molecule has 0 aliphatic carbocycles. The van der Waals surface area contributed by atoms with Gasteiger partial charge in [-0.05, 0) is 36.4 Å². The highest BCUT2D eigenvalue weighted by atomic mass is 15.0. The van der Waals surface area contributed by atoms with Crippen LogP contribution in [-0.2, 0) is 0 Å². The molecule has 18 heavy (non-hydrogen) atoms. The summed E-state index contributed by atoms with van der Waals surface area (Å²) in [5.41, 5.74) is 8.73. The summed E-state index contributed by atoms with van der Waals surface area (Å²) in [6, 6.07) is 12.0. The molecular formula is C14H14N4. The molecule has 0 spiro atoms. The lowest BCUT2D eigenvalue weighted by Gasteiger charge is -2.06. The molecule has 3 rings (SSSR count). The predicted molar refractivity (Wildman–Crippen MR) is 75.0 cm³/mol. The molecule has 0 radical (unpaired) electrons. The van der Waals surface area contributed by atoms with Gasteiger partial charge in [0.15, 0.2) is 0 Å². The SMILES string of the molecule is CNc1ccc(-n2ccc3cc(N)ccc32)cn1. The fourth-order valence-electron chi connectivity index (χ4n) is 2.06. The first kappa shape index (κ1) is 10.7. The minimum absolute atomic E-state index is 0.781. The monoisotopic (exact) mass is 238 g/mol. The topological polar surface area (TPSA) is 55.9 Å². The second kappa shape index (κ2) is 4.07. The smallest absolute Gasteiger partial charge is 0.125 e. The van der Waals surface area contributed by atoms with E-state index in [0.717, 1.165) is 28.1 Å². The number of aromatic nitrogens is 2. The molecule has 0 fully saturated rings. The van der Waals surface area contributed by atoms with E-state index in [4.69, 9.17) is 5.73 Å². The van der Waals surface area contributed by atoms with Crippen LogP contribution in [0.3, 0.4) is 0 Å². The van der Waals surface area contributed by atoms with Crippen molar-refractivity contribution < 1.29 is 0 Å². The van der Waals surface area contributed by atoms with Crippen LogP contribution in [0.2, 0.25) is 0 Å². The van der Waals surface area contributed by atoms with Crippen LogP contribution in [0.15, 0.2) is 48.8 Å². The number of fused-ring (bicyclic) bond motifs is 1. The number of pyridine rings is 1. The molecule has 0 amide bonds. The predicted octanol–water partition coefficient (Wildman–Crippen LogP) is 2.65. The highest BCUT2D eigenvalue weighted by Gasteiger charge is 2.03. The standard InChI is InChI=1S/C14H14N4/c1-16-14-5-3-12(9-17-14)18-7-6-10-8-11(15)2-4-13(10)18/h2-9H,15H2,1H3,(H,16,17). The number of nitrogen functional groups attached to an aromatic ring is 1. The van der Waals surface area contributed by atoms with Gasteiger partial charge in [0, 0.05) is 24.3 Å². The molecule has 2 aromatic heterocycles. The van der Waals surface area contributed by atoms with E-state index in [2.05, 4.69) is 20.9 Å². The fraction of sp³-hybridized carbons (Fsp3) is 0.0714. The molecule has 0 bridgehead atoms. The van der Waals surface area contributed by atoms with Crippen molar-refractivity contribution in [2.24, 2.45) is 0 Å². The van der Waals surface area contributed by atoms with Gasteiger partial charge in [0.2, 0.25) is 0 Å². The van der Waals surface area contributed by atoms with Crippen molar-refractivity contribution in [3.05, 3.63) is 48.8 Å². The maximum absolute atomic E-state index is 5.78. The zero-order valence-electron chi connectivity index (χ0n) is 10.1. The maximum Gasteiger partial charge on any atom is 0.125 e. The van der Waals surface area contributed by atoms with Crippen LogP contribution in [0.1, 0.15) is 0 Å². The van der Waals surface area contributed by atoms with Crippen LogP contribution >= 0.6 is 0 Å². The summed E-state index contributed by atoms with van der Waals surface area (Å²) in [5.74, 6) is 0.861. The van der Waals surface area contributed by atoms with Crippen LogP contribution < -0.4 is 11.1 Å². The average molecular weight is 238 g/mol. The summed E-state index contributed by atoms with van der Waals surface area (Å²) in [5, 5.41) is 4.14. The summed E-state index contributed by atoms with van der Waals surface area (Å²) >= 11 is 0. The van der Waals surface area contributed by atoms with E-state index in [9.17, 15) is 0 Å². The normalized spacial score (nSPS) is 10.7. The molecule has 0 aliphatic heterocycles. The molecule has 90 valence electrons. The second-order valence-electron chi connectivity index (χ2n) is 4.16. The molecule has 0 saturated carbocycles. The molecule has 4 nitrogen and oxygen atoms in total. The van der Waals surface area contributed by atoms with Crippen molar-refractivity contribution in [1.29, 1.82) is 0 Å². The number of hydrogen-bond donors (Lipinski definition) is 2. The first-order chi connectivity index (χ1) is 8.78. The number of benzene rings is 1. The molecule has 0 unspecified atom stereocenters. The molecule has 0 atom stereocenters. The number of anilines is 2. The van der Waals surface area contributed by atoms with Crippen molar-refractivity contribution in [3.63, 3.8) is 0 Å². The number of hydrogen-bond acceptors (Lipinski definition) is 3. The number of nitrogens with one attached hydrogen (secondary N) is 1. The Morgan fingerprint density at radius 2 is 2.06 bits per heavy atom. The van der Waals surface area contributed by atoms with Crippen molar-refractivity contribution in [3.8, 4) is 5.69 Å². The van der Waals surface area contributed by atoms with Crippen LogP contribution in [0.5, 0.6) is 0 Å². The lowest BCUT2D eigenvalue weighted by molar-refractivity contribution is 1.10. The summed E-state index contributed by atoms with van der Waals surface area (Å²) in [7, 11) is 1.86. The third-order valence-electron chi connectivity index (χ3n) is 3.00. The van der Waals surface area contributed by atoms with Gasteiger partial charge in [-0.1, -0.05) is 0 Å². The Bertz CT molecular complexity index is 683. The zero-order valence-corrected chi connectivity index (χ0v) is 10.1. The Morgan fingerprint density at radius 1 is 1.17 bits per heavy atom. The molecule has 0 aliphatic rings. The first-order valence-electron chi connectivity index (χ1n) is 5.79. The quantitative estimate of drug-likeness (QED) is 0.675. The minimum atomic E-state index is 0.781. The largest absolute Gasteiger partial charge is 0.399 e. The Morgan fingerprint density at radius 3 is 2.78 bits per heavy atom. The first-order valence-corrected chi connectivity index (χ1v) is 5.79. The van der Waals surface area contributed by atoms with Crippen LogP contribution in [0.4, 0.5) is 11.5 Å². The third kappa shape index (κ3) is 1.68. The highest BCUT2D eigenvalue weighted by molar-refractivity contribution is 5.84. The number of nitrogens with two attached hydrogens (primary N) is 1. The van der Waals surface area contributed by atoms with Gasteiger partial charge in [-0.2, -0.15) is 0 Å². The third-order valence-corrected chi connectivity index (χ3v) is 3.00. The molecule has 2 heterocycles. The van der Waals surface area contributed by atoms with Crippen molar-refractivity contribution in [1.82, 2.24) is 9.55 Å². The summed E-state index contributed by atoms with van der Waals surface area (Å²) in [6.45, 7) is 0. The average Bonchev–Trinajstić information content (AvgIpc) is 2.81. The molecule has 0 saturated heterocycles.